The first-order chi connectivity index (χ1) is 14.1. The van der Waals surface area contributed by atoms with Crippen LogP contribution in [0.2, 0.25) is 0 Å². The Morgan fingerprint density at radius 2 is 1.90 bits per heavy atom. The van der Waals surface area contributed by atoms with Gasteiger partial charge >= 0.3 is 0 Å². The number of H-pyrrole nitrogens is 1. The van der Waals surface area contributed by atoms with Gasteiger partial charge in [0.05, 0.1) is 13.2 Å². The van der Waals surface area contributed by atoms with Crippen LogP contribution < -0.4 is 15.0 Å². The fourth-order valence-corrected chi connectivity index (χ4v) is 3.92. The molecular weight excluding hydrogens is 386 g/mol. The van der Waals surface area contributed by atoms with E-state index in [4.69, 9.17) is 9.47 Å². The summed E-state index contributed by atoms with van der Waals surface area (Å²) in [7, 11) is 5.73. The van der Waals surface area contributed by atoms with Crippen molar-refractivity contribution in [2.75, 3.05) is 38.4 Å². The molecule has 29 heavy (non-hydrogen) atoms. The van der Waals surface area contributed by atoms with Crippen LogP contribution in [0.15, 0.2) is 53.7 Å². The molecule has 1 aliphatic heterocycles. The van der Waals surface area contributed by atoms with Crippen molar-refractivity contribution in [3.05, 3.63) is 54.1 Å². The zero-order chi connectivity index (χ0) is 20.2. The summed E-state index contributed by atoms with van der Waals surface area (Å²) in [5.41, 5.74) is 3.30. The van der Waals surface area contributed by atoms with Gasteiger partial charge in [-0.25, -0.2) is 4.98 Å². The number of benzene rings is 2. The van der Waals surface area contributed by atoms with Crippen molar-refractivity contribution in [2.24, 2.45) is 0 Å². The maximum Gasteiger partial charge on any atom is 0.208 e. The van der Waals surface area contributed by atoms with Crippen molar-refractivity contribution in [2.45, 2.75) is 17.5 Å². The molecule has 1 saturated heterocycles. The third-order valence-corrected chi connectivity index (χ3v) is 5.78. The number of aromatic amines is 1. The van der Waals surface area contributed by atoms with Crippen LogP contribution >= 0.6 is 11.8 Å². The molecule has 2 heterocycles. The Kier molecular flexibility index (Phi) is 6.03. The zero-order valence-electron chi connectivity index (χ0n) is 16.8. The topological polar surface area (TPSA) is 75.3 Å². The molecule has 0 unspecified atom stereocenters. The molecule has 4 rings (SSSR count). The standard InChI is InChI=1S/C21H25N5O2S/c1-26(2)16-8-4-15(5-9-16)20-22-12-18(28-20)13-29-21-23-19(24-25-21)14-6-10-17(27-3)11-7-14/h4-11,18,20,22H,12-13H2,1-3H3,(H,23,24,25)/t18-,20-/m1/s1. The number of hydrogen-bond donors (Lipinski definition) is 2. The number of rotatable bonds is 7. The van der Waals surface area contributed by atoms with E-state index < -0.39 is 0 Å². The van der Waals surface area contributed by atoms with Crippen molar-refractivity contribution in [3.8, 4) is 17.1 Å². The number of thioether (sulfide) groups is 1. The van der Waals surface area contributed by atoms with Gasteiger partial charge in [0.2, 0.25) is 5.16 Å². The summed E-state index contributed by atoms with van der Waals surface area (Å²) in [5.74, 6) is 2.36. The Morgan fingerprint density at radius 1 is 1.14 bits per heavy atom. The second-order valence-corrected chi connectivity index (χ2v) is 8.03. The van der Waals surface area contributed by atoms with Crippen LogP contribution in [0.25, 0.3) is 11.4 Å². The molecule has 3 aromatic rings. The third kappa shape index (κ3) is 4.72. The lowest BCUT2D eigenvalue weighted by atomic mass is 10.2. The van der Waals surface area contributed by atoms with Gasteiger partial charge in [-0.3, -0.25) is 10.4 Å². The van der Waals surface area contributed by atoms with Crippen molar-refractivity contribution >= 4 is 17.4 Å². The smallest absolute Gasteiger partial charge is 0.208 e. The van der Waals surface area contributed by atoms with E-state index in [1.165, 1.54) is 5.69 Å². The monoisotopic (exact) mass is 411 g/mol. The largest absolute Gasteiger partial charge is 0.497 e. The summed E-state index contributed by atoms with van der Waals surface area (Å²) >= 11 is 1.59. The summed E-state index contributed by atoms with van der Waals surface area (Å²) in [6.45, 7) is 0.808. The molecule has 1 fully saturated rings. The molecule has 7 nitrogen and oxygen atoms in total. The number of aromatic nitrogens is 3. The number of nitrogens with zero attached hydrogens (tertiary/aromatic N) is 3. The molecule has 0 aliphatic carbocycles. The van der Waals surface area contributed by atoms with Crippen LogP contribution in [0.1, 0.15) is 11.8 Å². The highest BCUT2D eigenvalue weighted by Gasteiger charge is 2.26. The van der Waals surface area contributed by atoms with Gasteiger partial charge in [0.1, 0.15) is 12.0 Å². The first kappa shape index (κ1) is 19.8. The Balaban J connectivity index is 1.30. The van der Waals surface area contributed by atoms with Gasteiger partial charge in [0.25, 0.3) is 0 Å². The van der Waals surface area contributed by atoms with Crippen LogP contribution in [0, 0.1) is 0 Å². The second-order valence-electron chi connectivity index (χ2n) is 7.04. The van der Waals surface area contributed by atoms with E-state index in [0.717, 1.165) is 40.2 Å². The fraction of sp³-hybridized carbons (Fsp3) is 0.333. The number of methoxy groups -OCH3 is 1. The molecule has 2 atom stereocenters. The second kappa shape index (κ2) is 8.86. The normalized spacial score (nSPS) is 18.7. The lowest BCUT2D eigenvalue weighted by Crippen LogP contribution is -2.17. The molecule has 152 valence electrons. The minimum absolute atomic E-state index is 0.0705. The predicted molar refractivity (Wildman–Crippen MR) is 115 cm³/mol. The number of hydrogen-bond acceptors (Lipinski definition) is 7. The van der Waals surface area contributed by atoms with Crippen LogP contribution in [0.3, 0.4) is 0 Å². The van der Waals surface area contributed by atoms with E-state index >= 15 is 0 Å². The Hall–Kier alpha value is -2.55. The van der Waals surface area contributed by atoms with E-state index in [9.17, 15) is 0 Å². The molecule has 2 aromatic carbocycles. The van der Waals surface area contributed by atoms with Crippen LogP contribution in [0.5, 0.6) is 5.75 Å². The Labute approximate surface area is 174 Å². The average molecular weight is 412 g/mol. The maximum atomic E-state index is 6.16. The molecule has 8 heteroatoms. The molecule has 1 aliphatic rings. The van der Waals surface area contributed by atoms with E-state index in [2.05, 4.69) is 49.7 Å². The highest BCUT2D eigenvalue weighted by atomic mass is 32.2. The average Bonchev–Trinajstić information content (AvgIpc) is 3.42. The summed E-state index contributed by atoms with van der Waals surface area (Å²) < 4.78 is 11.4. The summed E-state index contributed by atoms with van der Waals surface area (Å²) in [6, 6.07) is 16.2. The fourth-order valence-electron chi connectivity index (χ4n) is 3.13. The molecule has 0 radical (unpaired) electrons. The predicted octanol–water partition coefficient (Wildman–Crippen LogP) is 3.33. The van der Waals surface area contributed by atoms with Crippen LogP contribution in [0.4, 0.5) is 5.69 Å². The van der Waals surface area contributed by atoms with Crippen LogP contribution in [-0.4, -0.2) is 54.8 Å². The van der Waals surface area contributed by atoms with Gasteiger partial charge < -0.3 is 14.4 Å². The lowest BCUT2D eigenvalue weighted by Gasteiger charge is -2.16. The number of nitrogens with one attached hydrogen (secondary N) is 2. The first-order valence-electron chi connectivity index (χ1n) is 9.48. The van der Waals surface area contributed by atoms with Crippen molar-refractivity contribution in [1.29, 1.82) is 0 Å². The minimum Gasteiger partial charge on any atom is -0.497 e. The molecule has 0 saturated carbocycles. The lowest BCUT2D eigenvalue weighted by molar-refractivity contribution is 0.0534. The summed E-state index contributed by atoms with van der Waals surface area (Å²) in [5, 5.41) is 11.5. The highest BCUT2D eigenvalue weighted by Crippen LogP contribution is 2.27. The van der Waals surface area contributed by atoms with E-state index in [0.29, 0.717) is 0 Å². The maximum absolute atomic E-state index is 6.16. The molecule has 0 spiro atoms. The van der Waals surface area contributed by atoms with Crippen LogP contribution in [-0.2, 0) is 4.74 Å². The Morgan fingerprint density at radius 3 is 2.59 bits per heavy atom. The van der Waals surface area contributed by atoms with Gasteiger partial charge in [0.15, 0.2) is 5.82 Å². The Bertz CT molecular complexity index is 927. The quantitative estimate of drug-likeness (QED) is 0.578. The summed E-state index contributed by atoms with van der Waals surface area (Å²) in [4.78, 5) is 6.66. The molecule has 0 bridgehead atoms. The molecule has 1 aromatic heterocycles. The van der Waals surface area contributed by atoms with E-state index in [1.807, 2.05) is 38.4 Å². The van der Waals surface area contributed by atoms with Gasteiger partial charge in [-0.1, -0.05) is 23.9 Å². The van der Waals surface area contributed by atoms with Gasteiger partial charge in [-0.2, -0.15) is 0 Å². The summed E-state index contributed by atoms with van der Waals surface area (Å²) in [6.07, 6.45) is 0.0419. The van der Waals surface area contributed by atoms with Crippen molar-refractivity contribution < 1.29 is 9.47 Å². The SMILES string of the molecule is COc1ccc(-c2nc(SC[C@H]3CN[C@@H](c4ccc(N(C)C)cc4)O3)n[nH]2)cc1. The highest BCUT2D eigenvalue weighted by molar-refractivity contribution is 7.99. The molecule has 2 N–H and O–H groups in total. The number of anilines is 1. The van der Waals surface area contributed by atoms with Gasteiger partial charge in [-0.05, 0) is 42.0 Å². The van der Waals surface area contributed by atoms with E-state index in [-0.39, 0.29) is 12.3 Å². The van der Waals surface area contributed by atoms with Gasteiger partial charge in [0, 0.05) is 37.6 Å². The zero-order valence-corrected chi connectivity index (χ0v) is 17.6. The van der Waals surface area contributed by atoms with Crippen molar-refractivity contribution in [1.82, 2.24) is 20.5 Å². The minimum atomic E-state index is -0.0705. The molecule has 0 amide bonds. The third-order valence-electron chi connectivity index (χ3n) is 4.80. The first-order valence-corrected chi connectivity index (χ1v) is 10.5. The van der Waals surface area contributed by atoms with Crippen molar-refractivity contribution in [3.63, 3.8) is 0 Å². The van der Waals surface area contributed by atoms with Gasteiger partial charge in [-0.15, -0.1) is 5.10 Å². The molecular formula is C21H25N5O2S. The van der Waals surface area contributed by atoms with E-state index in [1.54, 1.807) is 18.9 Å². The number of ether oxygens (including phenoxy) is 2.